The van der Waals surface area contributed by atoms with Gasteiger partial charge in [-0.05, 0) is 30.3 Å². The molecule has 3 aromatic rings. The number of aromatic nitrogens is 1. The molecule has 1 aliphatic rings. The minimum atomic E-state index is -1.98. The average Bonchev–Trinajstić information content (AvgIpc) is 2.80. The molecule has 0 saturated carbocycles. The van der Waals surface area contributed by atoms with Gasteiger partial charge in [0, 0.05) is 22.9 Å². The van der Waals surface area contributed by atoms with Crippen LogP contribution in [0, 0.1) is 23.3 Å². The summed E-state index contributed by atoms with van der Waals surface area (Å²) in [4.78, 5) is 29.8. The number of carbonyl (C=O) groups excluding carboxylic acids is 2. The normalized spacial score (nSPS) is 15.1. The van der Waals surface area contributed by atoms with Crippen molar-refractivity contribution in [3.8, 4) is 11.1 Å². The molecule has 2 heterocycles. The molecule has 4 rings (SSSR count). The summed E-state index contributed by atoms with van der Waals surface area (Å²) in [5.41, 5.74) is -1.43. The van der Waals surface area contributed by atoms with E-state index in [1.165, 1.54) is 12.1 Å². The SMILES string of the molecule is O=C(CN1C(=O)[C@@H](O)c2ncc(F)cc2-c2c(F)cc(F)cc21)Nc1ccc(Cl)c(F)c1. The Morgan fingerprint density at radius 3 is 2.56 bits per heavy atom. The maximum atomic E-state index is 14.8. The molecule has 164 valence electrons. The topological polar surface area (TPSA) is 82.5 Å². The Bertz CT molecular complexity index is 1270. The summed E-state index contributed by atoms with van der Waals surface area (Å²) in [6, 6.07) is 5.58. The molecule has 1 aliphatic heterocycles. The number of fused-ring (bicyclic) bond motifs is 3. The first-order chi connectivity index (χ1) is 15.2. The van der Waals surface area contributed by atoms with Gasteiger partial charge in [0.05, 0.1) is 22.6 Å². The van der Waals surface area contributed by atoms with Gasteiger partial charge in [0.2, 0.25) is 5.91 Å². The lowest BCUT2D eigenvalue weighted by Crippen LogP contribution is -2.40. The van der Waals surface area contributed by atoms with E-state index in [1.54, 1.807) is 0 Å². The molecular weight excluding hydrogens is 454 g/mol. The van der Waals surface area contributed by atoms with Gasteiger partial charge in [-0.3, -0.25) is 19.5 Å². The number of aliphatic hydroxyl groups excluding tert-OH is 1. The van der Waals surface area contributed by atoms with Gasteiger partial charge in [-0.25, -0.2) is 17.6 Å². The number of halogens is 5. The van der Waals surface area contributed by atoms with E-state index in [4.69, 9.17) is 11.6 Å². The summed E-state index contributed by atoms with van der Waals surface area (Å²) < 4.78 is 56.2. The van der Waals surface area contributed by atoms with E-state index in [-0.39, 0.29) is 22.0 Å². The molecule has 2 N–H and O–H groups in total. The van der Waals surface area contributed by atoms with Crippen LogP contribution in [-0.4, -0.2) is 28.4 Å². The van der Waals surface area contributed by atoms with Crippen molar-refractivity contribution in [3.63, 3.8) is 0 Å². The smallest absolute Gasteiger partial charge is 0.262 e. The van der Waals surface area contributed by atoms with Crippen LogP contribution in [0.4, 0.5) is 28.9 Å². The maximum absolute atomic E-state index is 14.8. The van der Waals surface area contributed by atoms with Crippen molar-refractivity contribution in [2.45, 2.75) is 6.10 Å². The maximum Gasteiger partial charge on any atom is 0.262 e. The van der Waals surface area contributed by atoms with Gasteiger partial charge in [0.25, 0.3) is 5.91 Å². The summed E-state index contributed by atoms with van der Waals surface area (Å²) in [6.45, 7) is -0.799. The van der Waals surface area contributed by atoms with Gasteiger partial charge in [-0.2, -0.15) is 0 Å². The number of nitrogens with zero attached hydrogens (tertiary/aromatic N) is 2. The average molecular weight is 466 g/mol. The van der Waals surface area contributed by atoms with Gasteiger partial charge in [0.15, 0.2) is 6.10 Å². The van der Waals surface area contributed by atoms with E-state index in [9.17, 15) is 32.3 Å². The predicted molar refractivity (Wildman–Crippen MR) is 107 cm³/mol. The quantitative estimate of drug-likeness (QED) is 0.573. The molecule has 2 aromatic carbocycles. The molecule has 0 aliphatic carbocycles. The van der Waals surface area contributed by atoms with Crippen LogP contribution in [0.15, 0.2) is 42.6 Å². The second kappa shape index (κ2) is 8.21. The van der Waals surface area contributed by atoms with E-state index < -0.39 is 59.0 Å². The molecule has 0 bridgehead atoms. The van der Waals surface area contributed by atoms with Crippen molar-refractivity contribution in [2.75, 3.05) is 16.8 Å². The lowest BCUT2D eigenvalue weighted by Gasteiger charge is -2.24. The summed E-state index contributed by atoms with van der Waals surface area (Å²) in [7, 11) is 0. The standard InChI is InChI=1S/C21H12ClF4N3O3/c22-13-2-1-11(6-14(13)25)28-17(30)8-29-16-5-9(23)4-15(26)18(16)12-3-10(24)7-27-19(12)20(31)21(29)32/h1-7,20,31H,8H2,(H,28,30)/t20-/m0/s1. The Morgan fingerprint density at radius 2 is 1.84 bits per heavy atom. The third kappa shape index (κ3) is 3.90. The van der Waals surface area contributed by atoms with Crippen molar-refractivity contribution in [1.82, 2.24) is 4.98 Å². The minimum Gasteiger partial charge on any atom is -0.377 e. The zero-order valence-corrected chi connectivity index (χ0v) is 16.6. The molecule has 0 unspecified atom stereocenters. The zero-order valence-electron chi connectivity index (χ0n) is 15.9. The molecular formula is C21H12ClF4N3O3. The molecule has 0 spiro atoms. The molecule has 0 saturated heterocycles. The molecule has 11 heteroatoms. The van der Waals surface area contributed by atoms with Gasteiger partial charge < -0.3 is 10.4 Å². The molecule has 32 heavy (non-hydrogen) atoms. The Balaban J connectivity index is 1.77. The number of benzene rings is 2. The number of anilines is 2. The number of aliphatic hydroxyl groups is 1. The third-order valence-corrected chi connectivity index (χ3v) is 5.05. The van der Waals surface area contributed by atoms with Crippen LogP contribution >= 0.6 is 11.6 Å². The fourth-order valence-corrected chi connectivity index (χ4v) is 3.49. The highest BCUT2D eigenvalue weighted by molar-refractivity contribution is 6.30. The second-order valence-electron chi connectivity index (χ2n) is 6.87. The van der Waals surface area contributed by atoms with E-state index in [1.807, 2.05) is 0 Å². The summed E-state index contributed by atoms with van der Waals surface area (Å²) >= 11 is 5.60. The number of pyridine rings is 1. The number of carbonyl (C=O) groups is 2. The van der Waals surface area contributed by atoms with Gasteiger partial charge in [-0.15, -0.1) is 0 Å². The summed E-state index contributed by atoms with van der Waals surface area (Å²) in [5, 5.41) is 12.6. The molecule has 2 amide bonds. The first-order valence-electron chi connectivity index (χ1n) is 9.05. The fraction of sp³-hybridized carbons (Fsp3) is 0.0952. The third-order valence-electron chi connectivity index (χ3n) is 4.74. The molecule has 0 fully saturated rings. The number of hydrogen-bond donors (Lipinski definition) is 2. The van der Waals surface area contributed by atoms with Crippen LogP contribution in [0.25, 0.3) is 11.1 Å². The van der Waals surface area contributed by atoms with Crippen molar-refractivity contribution < 1.29 is 32.3 Å². The molecule has 6 nitrogen and oxygen atoms in total. The van der Waals surface area contributed by atoms with Crippen molar-refractivity contribution in [3.05, 3.63) is 76.6 Å². The highest BCUT2D eigenvalue weighted by Gasteiger charge is 2.37. The number of nitrogens with one attached hydrogen (secondary N) is 1. The fourth-order valence-electron chi connectivity index (χ4n) is 3.37. The Hall–Kier alpha value is -3.50. The highest BCUT2D eigenvalue weighted by Crippen LogP contribution is 2.41. The first kappa shape index (κ1) is 21.7. The van der Waals surface area contributed by atoms with Gasteiger partial charge in [-0.1, -0.05) is 11.6 Å². The molecule has 0 radical (unpaired) electrons. The Kier molecular flexibility index (Phi) is 5.57. The number of hydrogen-bond acceptors (Lipinski definition) is 4. The van der Waals surface area contributed by atoms with E-state index in [2.05, 4.69) is 10.3 Å². The monoisotopic (exact) mass is 465 g/mol. The first-order valence-corrected chi connectivity index (χ1v) is 9.42. The van der Waals surface area contributed by atoms with Gasteiger partial charge >= 0.3 is 0 Å². The van der Waals surface area contributed by atoms with E-state index in [0.29, 0.717) is 11.0 Å². The van der Waals surface area contributed by atoms with Gasteiger partial charge in [0.1, 0.15) is 29.8 Å². The lowest BCUT2D eigenvalue weighted by atomic mass is 10.00. The van der Waals surface area contributed by atoms with E-state index >= 15 is 0 Å². The van der Waals surface area contributed by atoms with Crippen molar-refractivity contribution in [2.24, 2.45) is 0 Å². The minimum absolute atomic E-state index is 0.0115. The second-order valence-corrected chi connectivity index (χ2v) is 7.28. The number of rotatable bonds is 3. The Morgan fingerprint density at radius 1 is 1.09 bits per heavy atom. The van der Waals surface area contributed by atoms with Crippen LogP contribution in [0.1, 0.15) is 11.8 Å². The number of amides is 2. The van der Waals surface area contributed by atoms with Crippen molar-refractivity contribution in [1.29, 1.82) is 0 Å². The summed E-state index contributed by atoms with van der Waals surface area (Å²) in [6.07, 6.45) is -1.25. The highest BCUT2D eigenvalue weighted by atomic mass is 35.5. The molecule has 1 aromatic heterocycles. The van der Waals surface area contributed by atoms with Crippen LogP contribution in [0.5, 0.6) is 0 Å². The van der Waals surface area contributed by atoms with Crippen molar-refractivity contribution >= 4 is 34.8 Å². The van der Waals surface area contributed by atoms with Crippen LogP contribution in [0.2, 0.25) is 5.02 Å². The lowest BCUT2D eigenvalue weighted by molar-refractivity contribution is -0.128. The van der Waals surface area contributed by atoms with Crippen LogP contribution < -0.4 is 10.2 Å². The Labute approximate surface area is 183 Å². The van der Waals surface area contributed by atoms with Crippen LogP contribution in [-0.2, 0) is 9.59 Å². The predicted octanol–water partition coefficient (Wildman–Crippen LogP) is 3.98. The zero-order chi connectivity index (χ0) is 23.2. The summed E-state index contributed by atoms with van der Waals surface area (Å²) in [5.74, 6) is -5.89. The largest absolute Gasteiger partial charge is 0.377 e. The molecule has 1 atom stereocenters. The van der Waals surface area contributed by atoms with E-state index in [0.717, 1.165) is 24.4 Å². The van der Waals surface area contributed by atoms with Crippen LogP contribution in [0.3, 0.4) is 0 Å².